The van der Waals surface area contributed by atoms with E-state index in [0.717, 1.165) is 11.1 Å². The van der Waals surface area contributed by atoms with Crippen molar-refractivity contribution in [2.75, 3.05) is 7.11 Å². The van der Waals surface area contributed by atoms with Crippen molar-refractivity contribution >= 4 is 17.4 Å². The highest BCUT2D eigenvalue weighted by Crippen LogP contribution is 2.18. The lowest BCUT2D eigenvalue weighted by molar-refractivity contribution is 0.104. The van der Waals surface area contributed by atoms with Crippen LogP contribution in [0.1, 0.15) is 15.9 Å². The Morgan fingerprint density at radius 2 is 2.04 bits per heavy atom. The fourth-order valence-electron chi connectivity index (χ4n) is 2.27. The molecule has 1 aromatic carbocycles. The van der Waals surface area contributed by atoms with Crippen molar-refractivity contribution in [1.82, 2.24) is 9.61 Å². The topological polar surface area (TPSA) is 67.4 Å². The summed E-state index contributed by atoms with van der Waals surface area (Å²) in [5.74, 6) is 0.331. The van der Waals surface area contributed by atoms with Crippen molar-refractivity contribution in [3.05, 3.63) is 71.6 Å². The largest absolute Gasteiger partial charge is 0.497 e. The first-order chi connectivity index (χ1) is 11.2. The third-order valence-electron chi connectivity index (χ3n) is 3.47. The summed E-state index contributed by atoms with van der Waals surface area (Å²) in [4.78, 5) is 12.5. The van der Waals surface area contributed by atoms with E-state index >= 15 is 0 Å². The molecule has 5 heteroatoms. The zero-order chi connectivity index (χ0) is 16.2. The van der Waals surface area contributed by atoms with Crippen molar-refractivity contribution in [3.63, 3.8) is 0 Å². The van der Waals surface area contributed by atoms with Crippen LogP contribution in [-0.4, -0.2) is 22.5 Å². The molecule has 112 valence electrons. The van der Waals surface area contributed by atoms with E-state index < -0.39 is 0 Å². The standard InChI is InChI=1S/C18H13N3O2/c1-23-16-7-5-13(6-8-16)18(22)14(11-19)10-15-12-20-21-9-3-2-4-17(15)21/h2-10,12H,1H3/b14-10-. The number of ether oxygens (including phenoxy) is 1. The maximum absolute atomic E-state index is 12.5. The summed E-state index contributed by atoms with van der Waals surface area (Å²) in [6, 6.07) is 14.3. The number of rotatable bonds is 4. The molecule has 0 N–H and O–H groups in total. The van der Waals surface area contributed by atoms with E-state index in [2.05, 4.69) is 5.10 Å². The van der Waals surface area contributed by atoms with Crippen LogP contribution < -0.4 is 4.74 Å². The van der Waals surface area contributed by atoms with E-state index in [4.69, 9.17) is 4.74 Å². The van der Waals surface area contributed by atoms with Crippen LogP contribution in [0.2, 0.25) is 0 Å². The van der Waals surface area contributed by atoms with Gasteiger partial charge >= 0.3 is 0 Å². The Labute approximate surface area is 133 Å². The van der Waals surface area contributed by atoms with Crippen LogP contribution in [0.25, 0.3) is 11.6 Å². The fourth-order valence-corrected chi connectivity index (χ4v) is 2.27. The van der Waals surface area contributed by atoms with Crippen molar-refractivity contribution < 1.29 is 9.53 Å². The second kappa shape index (κ2) is 6.16. The van der Waals surface area contributed by atoms with Gasteiger partial charge in [0, 0.05) is 17.3 Å². The summed E-state index contributed by atoms with van der Waals surface area (Å²) in [6.45, 7) is 0. The minimum atomic E-state index is -0.328. The number of carbonyl (C=O) groups excluding carboxylic acids is 1. The number of nitrogens with zero attached hydrogens (tertiary/aromatic N) is 3. The quantitative estimate of drug-likeness (QED) is 0.422. The van der Waals surface area contributed by atoms with E-state index in [1.54, 1.807) is 48.2 Å². The van der Waals surface area contributed by atoms with E-state index in [1.807, 2.05) is 30.5 Å². The second-order valence-electron chi connectivity index (χ2n) is 4.86. The molecule has 0 aliphatic carbocycles. The van der Waals surface area contributed by atoms with Gasteiger partial charge in [0.1, 0.15) is 17.4 Å². The molecule has 23 heavy (non-hydrogen) atoms. The van der Waals surface area contributed by atoms with Gasteiger partial charge in [-0.25, -0.2) is 4.52 Å². The SMILES string of the molecule is COc1ccc(C(=O)/C(C#N)=C\c2cnn3ccccc23)cc1. The number of carbonyl (C=O) groups is 1. The lowest BCUT2D eigenvalue weighted by atomic mass is 10.0. The summed E-state index contributed by atoms with van der Waals surface area (Å²) < 4.78 is 6.76. The molecular weight excluding hydrogens is 290 g/mol. The van der Waals surface area contributed by atoms with Crippen molar-refractivity contribution in [2.24, 2.45) is 0 Å². The molecule has 0 bridgehead atoms. The fraction of sp³-hybridized carbons (Fsp3) is 0.0556. The molecule has 0 saturated carbocycles. The predicted octanol–water partition coefficient (Wildman–Crippen LogP) is 3.13. The number of pyridine rings is 1. The van der Waals surface area contributed by atoms with E-state index in [0.29, 0.717) is 11.3 Å². The zero-order valence-corrected chi connectivity index (χ0v) is 12.4. The molecule has 2 aromatic heterocycles. The van der Waals surface area contributed by atoms with Crippen LogP contribution >= 0.6 is 0 Å². The minimum absolute atomic E-state index is 0.0638. The summed E-state index contributed by atoms with van der Waals surface area (Å²) in [5, 5.41) is 13.5. The van der Waals surface area contributed by atoms with E-state index in [1.165, 1.54) is 0 Å². The number of benzene rings is 1. The van der Waals surface area contributed by atoms with Crippen LogP contribution in [-0.2, 0) is 0 Å². The van der Waals surface area contributed by atoms with Gasteiger partial charge in [-0.3, -0.25) is 4.79 Å². The van der Waals surface area contributed by atoms with Gasteiger partial charge in [-0.15, -0.1) is 0 Å². The number of methoxy groups -OCH3 is 1. The Balaban J connectivity index is 1.98. The maximum atomic E-state index is 12.5. The number of ketones is 1. The molecular formula is C18H13N3O2. The number of hydrogen-bond donors (Lipinski definition) is 0. The number of nitriles is 1. The number of aromatic nitrogens is 2. The molecule has 3 aromatic rings. The molecule has 0 radical (unpaired) electrons. The molecule has 0 saturated heterocycles. The Bertz CT molecular complexity index is 931. The lowest BCUT2D eigenvalue weighted by Gasteiger charge is -2.02. The summed E-state index contributed by atoms with van der Waals surface area (Å²) in [5.41, 5.74) is 2.07. The number of hydrogen-bond acceptors (Lipinski definition) is 4. The van der Waals surface area contributed by atoms with E-state index in [-0.39, 0.29) is 11.4 Å². The molecule has 0 unspecified atom stereocenters. The van der Waals surface area contributed by atoms with Gasteiger partial charge in [0.25, 0.3) is 0 Å². The first-order valence-electron chi connectivity index (χ1n) is 6.96. The van der Waals surface area contributed by atoms with Crippen molar-refractivity contribution in [1.29, 1.82) is 5.26 Å². The Hall–Kier alpha value is -3.39. The molecule has 0 fully saturated rings. The third-order valence-corrected chi connectivity index (χ3v) is 3.47. The third kappa shape index (κ3) is 2.83. The predicted molar refractivity (Wildman–Crippen MR) is 86.1 cm³/mol. The van der Waals surface area contributed by atoms with Gasteiger partial charge in [-0.05, 0) is 42.5 Å². The summed E-state index contributed by atoms with van der Waals surface area (Å²) in [6.07, 6.45) is 5.01. The second-order valence-corrected chi connectivity index (χ2v) is 4.86. The Morgan fingerprint density at radius 3 is 2.74 bits per heavy atom. The van der Waals surface area contributed by atoms with Crippen molar-refractivity contribution in [3.8, 4) is 11.8 Å². The monoisotopic (exact) mass is 303 g/mol. The van der Waals surface area contributed by atoms with Crippen LogP contribution in [0.3, 0.4) is 0 Å². The first-order valence-corrected chi connectivity index (χ1v) is 6.96. The normalized spacial score (nSPS) is 11.2. The molecule has 2 heterocycles. The highest BCUT2D eigenvalue weighted by Gasteiger charge is 2.13. The molecule has 0 atom stereocenters. The molecule has 0 aliphatic rings. The highest BCUT2D eigenvalue weighted by molar-refractivity contribution is 6.14. The smallest absolute Gasteiger partial charge is 0.203 e. The average molecular weight is 303 g/mol. The van der Waals surface area contributed by atoms with Gasteiger partial charge in [0.15, 0.2) is 0 Å². The van der Waals surface area contributed by atoms with Gasteiger partial charge in [-0.2, -0.15) is 10.4 Å². The van der Waals surface area contributed by atoms with Crippen molar-refractivity contribution in [2.45, 2.75) is 0 Å². The van der Waals surface area contributed by atoms with Crippen LogP contribution in [0.15, 0.2) is 60.4 Å². The maximum Gasteiger partial charge on any atom is 0.203 e. The van der Waals surface area contributed by atoms with Gasteiger partial charge in [0.2, 0.25) is 5.78 Å². The number of fused-ring (bicyclic) bond motifs is 1. The molecule has 0 spiro atoms. The Morgan fingerprint density at radius 1 is 1.26 bits per heavy atom. The molecule has 5 nitrogen and oxygen atoms in total. The molecule has 3 rings (SSSR count). The van der Waals surface area contributed by atoms with Gasteiger partial charge in [-0.1, -0.05) is 6.07 Å². The number of Topliss-reactive ketones (excluding diaryl/α,β-unsaturated/α-hetero) is 1. The van der Waals surface area contributed by atoms with Crippen LogP contribution in [0.4, 0.5) is 0 Å². The Kier molecular flexibility index (Phi) is 3.89. The van der Waals surface area contributed by atoms with Gasteiger partial charge in [0.05, 0.1) is 18.8 Å². The molecule has 0 aliphatic heterocycles. The molecule has 0 amide bonds. The first kappa shape index (κ1) is 14.5. The lowest BCUT2D eigenvalue weighted by Crippen LogP contribution is -2.01. The van der Waals surface area contributed by atoms with Crippen LogP contribution in [0.5, 0.6) is 5.75 Å². The average Bonchev–Trinajstić information content (AvgIpc) is 3.02. The summed E-state index contributed by atoms with van der Waals surface area (Å²) >= 11 is 0. The minimum Gasteiger partial charge on any atom is -0.497 e. The van der Waals surface area contributed by atoms with Gasteiger partial charge < -0.3 is 4.74 Å². The van der Waals surface area contributed by atoms with Crippen LogP contribution in [0, 0.1) is 11.3 Å². The number of allylic oxidation sites excluding steroid dienone is 1. The summed E-state index contributed by atoms with van der Waals surface area (Å²) in [7, 11) is 1.56. The zero-order valence-electron chi connectivity index (χ0n) is 12.4. The van der Waals surface area contributed by atoms with E-state index in [9.17, 15) is 10.1 Å². The highest BCUT2D eigenvalue weighted by atomic mass is 16.5.